The lowest BCUT2D eigenvalue weighted by Gasteiger charge is -2.30. The first-order valence-corrected chi connectivity index (χ1v) is 8.09. The number of primary amides is 1. The van der Waals surface area contributed by atoms with Crippen molar-refractivity contribution in [2.45, 2.75) is 32.2 Å². The molecule has 0 aromatic carbocycles. The molecule has 3 N–H and O–H groups in total. The molecule has 6 heteroatoms. The average Bonchev–Trinajstić information content (AvgIpc) is 2.32. The summed E-state index contributed by atoms with van der Waals surface area (Å²) < 4.78 is 11.2. The molecule has 106 valence electrons. The summed E-state index contributed by atoms with van der Waals surface area (Å²) in [5.74, 6) is 1.27. The smallest absolute Gasteiger partial charge is 0.237 e. The van der Waals surface area contributed by atoms with Crippen LogP contribution in [0.5, 0.6) is 0 Å². The van der Waals surface area contributed by atoms with Gasteiger partial charge in [-0.2, -0.15) is 0 Å². The lowest BCUT2D eigenvalue weighted by molar-refractivity contribution is -0.124. The van der Waals surface area contributed by atoms with Crippen LogP contribution in [-0.2, 0) is 15.6 Å². The third kappa shape index (κ3) is 4.66. The number of hydrogen-bond donors (Lipinski definition) is 2. The number of nitrogens with one attached hydrogen (secondary N) is 1. The number of likely N-dealkylation sites (N-methyl/N-ethyl adjacent to an activating group) is 1. The highest BCUT2D eigenvalue weighted by Crippen LogP contribution is 2.13. The molecule has 1 amide bonds. The van der Waals surface area contributed by atoms with Gasteiger partial charge in [-0.05, 0) is 32.9 Å². The van der Waals surface area contributed by atoms with Gasteiger partial charge in [-0.15, -0.1) is 0 Å². The maximum absolute atomic E-state index is 11.4. The molecule has 18 heavy (non-hydrogen) atoms. The van der Waals surface area contributed by atoms with Crippen LogP contribution in [0, 0.1) is 0 Å². The number of hydrogen-bond acceptors (Lipinski definition) is 4. The molecule has 0 aromatic heterocycles. The second-order valence-electron chi connectivity index (χ2n) is 5.02. The minimum atomic E-state index is -0.622. The molecule has 0 bridgehead atoms. The molecule has 1 rings (SSSR count). The molecule has 1 aliphatic heterocycles. The predicted molar refractivity (Wildman–Crippen MR) is 74.8 cm³/mol. The van der Waals surface area contributed by atoms with Crippen molar-refractivity contribution >= 4 is 16.7 Å². The fraction of sp³-hybridized carbons (Fsp3) is 0.917. The number of nitrogens with zero attached hydrogens (tertiary/aromatic N) is 1. The first kappa shape index (κ1) is 15.6. The first-order valence-electron chi connectivity index (χ1n) is 6.60. The van der Waals surface area contributed by atoms with Gasteiger partial charge >= 0.3 is 0 Å². The number of carbonyl (C=O) groups excluding carboxylic acids is 1. The van der Waals surface area contributed by atoms with Crippen molar-refractivity contribution in [3.05, 3.63) is 0 Å². The topological polar surface area (TPSA) is 75.4 Å². The third-order valence-electron chi connectivity index (χ3n) is 3.53. The Bertz CT molecular complexity index is 302. The van der Waals surface area contributed by atoms with Crippen LogP contribution < -0.4 is 11.1 Å². The molecule has 1 atom stereocenters. The van der Waals surface area contributed by atoms with E-state index in [2.05, 4.69) is 10.2 Å². The molecular formula is C12H25N3O2S. The van der Waals surface area contributed by atoms with E-state index in [9.17, 15) is 9.00 Å². The van der Waals surface area contributed by atoms with Crippen molar-refractivity contribution in [2.24, 2.45) is 5.73 Å². The maximum atomic E-state index is 11.4. The minimum Gasteiger partial charge on any atom is -0.368 e. The third-order valence-corrected chi connectivity index (χ3v) is 4.81. The fourth-order valence-corrected chi connectivity index (χ4v) is 3.37. The van der Waals surface area contributed by atoms with Crippen LogP contribution in [0.15, 0.2) is 0 Å². The zero-order valence-electron chi connectivity index (χ0n) is 11.4. The molecule has 0 spiro atoms. The summed E-state index contributed by atoms with van der Waals surface area (Å²) in [6, 6.07) is 0. The zero-order chi connectivity index (χ0) is 13.6. The molecular weight excluding hydrogens is 250 g/mol. The van der Waals surface area contributed by atoms with E-state index in [1.165, 1.54) is 0 Å². The summed E-state index contributed by atoms with van der Waals surface area (Å²) in [4.78, 5) is 13.8. The van der Waals surface area contributed by atoms with Gasteiger partial charge in [0.05, 0.1) is 5.54 Å². The van der Waals surface area contributed by atoms with Crippen molar-refractivity contribution in [3.63, 3.8) is 0 Å². The Balaban J connectivity index is 2.30. The molecule has 0 aliphatic carbocycles. The molecule has 0 aromatic rings. The van der Waals surface area contributed by atoms with Gasteiger partial charge < -0.3 is 16.0 Å². The maximum Gasteiger partial charge on any atom is 0.237 e. The highest BCUT2D eigenvalue weighted by Gasteiger charge is 2.29. The monoisotopic (exact) mass is 275 g/mol. The SMILES string of the molecule is CCNC(C)(CCCN1CCS(=O)CC1)C(N)=O. The summed E-state index contributed by atoms with van der Waals surface area (Å²) in [6.07, 6.45) is 1.68. The quantitative estimate of drug-likeness (QED) is 0.668. The Labute approximate surface area is 112 Å². The molecule has 1 unspecified atom stereocenters. The number of nitrogens with two attached hydrogens (primary N) is 1. The lowest BCUT2D eigenvalue weighted by atomic mass is 9.94. The van der Waals surface area contributed by atoms with Gasteiger partial charge in [-0.3, -0.25) is 9.00 Å². The summed E-state index contributed by atoms with van der Waals surface area (Å²) in [7, 11) is -0.622. The Morgan fingerprint density at radius 1 is 1.44 bits per heavy atom. The van der Waals surface area contributed by atoms with Crippen molar-refractivity contribution in [1.29, 1.82) is 0 Å². The highest BCUT2D eigenvalue weighted by molar-refractivity contribution is 7.85. The summed E-state index contributed by atoms with van der Waals surface area (Å²) in [6.45, 7) is 7.33. The Hall–Kier alpha value is -0.460. The Kier molecular flexibility index (Phi) is 6.25. The minimum absolute atomic E-state index is 0.288. The molecule has 1 heterocycles. The lowest BCUT2D eigenvalue weighted by Crippen LogP contribution is -2.53. The normalized spacial score (nSPS) is 21.7. The summed E-state index contributed by atoms with van der Waals surface area (Å²) in [5, 5.41) is 3.16. The Morgan fingerprint density at radius 2 is 2.06 bits per heavy atom. The first-order chi connectivity index (χ1) is 8.48. The summed E-state index contributed by atoms with van der Waals surface area (Å²) in [5.41, 5.74) is 4.84. The van der Waals surface area contributed by atoms with E-state index in [0.717, 1.165) is 50.5 Å². The molecule has 1 saturated heterocycles. The van der Waals surface area contributed by atoms with Gasteiger partial charge in [-0.1, -0.05) is 6.92 Å². The van der Waals surface area contributed by atoms with E-state index < -0.39 is 16.3 Å². The molecule has 1 fully saturated rings. The fourth-order valence-electron chi connectivity index (χ4n) is 2.24. The molecule has 1 aliphatic rings. The van der Waals surface area contributed by atoms with E-state index >= 15 is 0 Å². The van der Waals surface area contributed by atoms with E-state index in [-0.39, 0.29) is 5.91 Å². The van der Waals surface area contributed by atoms with Crippen LogP contribution in [0.3, 0.4) is 0 Å². The molecule has 0 radical (unpaired) electrons. The number of rotatable bonds is 7. The van der Waals surface area contributed by atoms with Crippen LogP contribution in [0.4, 0.5) is 0 Å². The summed E-state index contributed by atoms with van der Waals surface area (Å²) >= 11 is 0. The predicted octanol–water partition coefficient (Wildman–Crippen LogP) is -0.316. The van der Waals surface area contributed by atoms with Gasteiger partial charge in [0.1, 0.15) is 0 Å². The van der Waals surface area contributed by atoms with Crippen LogP contribution in [-0.4, -0.2) is 58.2 Å². The number of amides is 1. The van der Waals surface area contributed by atoms with Crippen LogP contribution in [0.25, 0.3) is 0 Å². The van der Waals surface area contributed by atoms with Crippen LogP contribution in [0.2, 0.25) is 0 Å². The molecule has 0 saturated carbocycles. The Morgan fingerprint density at radius 3 is 2.56 bits per heavy atom. The van der Waals surface area contributed by atoms with E-state index in [0.29, 0.717) is 0 Å². The standard InChI is InChI=1S/C12H25N3O2S/c1-3-14-12(2,11(13)16)5-4-6-15-7-9-18(17)10-8-15/h14H,3-10H2,1-2H3,(H2,13,16). The van der Waals surface area contributed by atoms with Crippen molar-refractivity contribution in [2.75, 3.05) is 37.7 Å². The second kappa shape index (κ2) is 7.21. The van der Waals surface area contributed by atoms with Gasteiger partial charge in [0.25, 0.3) is 0 Å². The second-order valence-corrected chi connectivity index (χ2v) is 6.72. The van der Waals surface area contributed by atoms with Crippen molar-refractivity contribution in [1.82, 2.24) is 10.2 Å². The van der Waals surface area contributed by atoms with Gasteiger partial charge in [0.15, 0.2) is 0 Å². The van der Waals surface area contributed by atoms with Gasteiger partial charge in [0.2, 0.25) is 5.91 Å². The van der Waals surface area contributed by atoms with E-state index in [1.54, 1.807) is 0 Å². The van der Waals surface area contributed by atoms with E-state index in [4.69, 9.17) is 5.73 Å². The highest BCUT2D eigenvalue weighted by atomic mass is 32.2. The van der Waals surface area contributed by atoms with Crippen LogP contribution >= 0.6 is 0 Å². The largest absolute Gasteiger partial charge is 0.368 e. The number of carbonyl (C=O) groups is 1. The molecule has 5 nitrogen and oxygen atoms in total. The van der Waals surface area contributed by atoms with Crippen LogP contribution in [0.1, 0.15) is 26.7 Å². The van der Waals surface area contributed by atoms with Gasteiger partial charge in [-0.25, -0.2) is 0 Å². The average molecular weight is 275 g/mol. The van der Waals surface area contributed by atoms with Crippen molar-refractivity contribution < 1.29 is 9.00 Å². The van der Waals surface area contributed by atoms with Crippen molar-refractivity contribution in [3.8, 4) is 0 Å². The van der Waals surface area contributed by atoms with E-state index in [1.807, 2.05) is 13.8 Å². The van der Waals surface area contributed by atoms with Gasteiger partial charge in [0, 0.05) is 35.4 Å². The zero-order valence-corrected chi connectivity index (χ0v) is 12.2.